The van der Waals surface area contributed by atoms with Crippen molar-refractivity contribution in [2.75, 3.05) is 6.54 Å². The second-order valence-electron chi connectivity index (χ2n) is 5.02. The summed E-state index contributed by atoms with van der Waals surface area (Å²) in [5.74, 6) is 0.565. The van der Waals surface area contributed by atoms with Crippen LogP contribution < -0.4 is 5.32 Å². The van der Waals surface area contributed by atoms with Crippen molar-refractivity contribution in [2.45, 2.75) is 38.3 Å². The number of rotatable bonds is 4. The first-order valence-electron chi connectivity index (χ1n) is 6.48. The molecule has 2 nitrogen and oxygen atoms in total. The highest BCUT2D eigenvalue weighted by Crippen LogP contribution is 2.25. The molecule has 0 amide bonds. The van der Waals surface area contributed by atoms with Crippen LogP contribution in [0, 0.1) is 5.92 Å². The number of halogens is 2. The van der Waals surface area contributed by atoms with Gasteiger partial charge in [-0.25, -0.2) is 0 Å². The molecule has 2 N–H and O–H groups in total. The molecule has 0 bridgehead atoms. The van der Waals surface area contributed by atoms with Crippen LogP contribution in [0.15, 0.2) is 18.2 Å². The zero-order valence-corrected chi connectivity index (χ0v) is 11.8. The molecule has 2 unspecified atom stereocenters. The van der Waals surface area contributed by atoms with Crippen LogP contribution in [0.4, 0.5) is 0 Å². The SMILES string of the molecule is OC1CCCC(CNCc2c(Cl)cccc2Cl)C1. The molecule has 2 atom stereocenters. The minimum Gasteiger partial charge on any atom is -0.393 e. The summed E-state index contributed by atoms with van der Waals surface area (Å²) in [7, 11) is 0. The molecule has 4 heteroatoms. The average Bonchev–Trinajstić information content (AvgIpc) is 2.33. The fraction of sp³-hybridized carbons (Fsp3) is 0.571. The van der Waals surface area contributed by atoms with E-state index in [0.29, 0.717) is 22.5 Å². The lowest BCUT2D eigenvalue weighted by molar-refractivity contribution is 0.101. The van der Waals surface area contributed by atoms with Gasteiger partial charge in [-0.3, -0.25) is 0 Å². The molecule has 0 spiro atoms. The van der Waals surface area contributed by atoms with Crippen molar-refractivity contribution in [1.82, 2.24) is 5.32 Å². The van der Waals surface area contributed by atoms with Gasteiger partial charge in [-0.15, -0.1) is 0 Å². The van der Waals surface area contributed by atoms with E-state index in [2.05, 4.69) is 5.32 Å². The zero-order chi connectivity index (χ0) is 13.0. The Morgan fingerprint density at radius 1 is 1.22 bits per heavy atom. The number of hydrogen-bond donors (Lipinski definition) is 2. The third kappa shape index (κ3) is 3.86. The molecule has 100 valence electrons. The Bertz CT molecular complexity index is 377. The van der Waals surface area contributed by atoms with Crippen LogP contribution in [-0.4, -0.2) is 17.8 Å². The Labute approximate surface area is 118 Å². The average molecular weight is 288 g/mol. The predicted octanol–water partition coefficient (Wildman–Crippen LogP) is 3.63. The molecule has 1 aromatic carbocycles. The van der Waals surface area contributed by atoms with Crippen molar-refractivity contribution in [1.29, 1.82) is 0 Å². The van der Waals surface area contributed by atoms with E-state index in [-0.39, 0.29) is 6.10 Å². The van der Waals surface area contributed by atoms with Gasteiger partial charge in [0.25, 0.3) is 0 Å². The van der Waals surface area contributed by atoms with E-state index in [0.717, 1.165) is 31.4 Å². The van der Waals surface area contributed by atoms with Crippen LogP contribution in [0.3, 0.4) is 0 Å². The zero-order valence-electron chi connectivity index (χ0n) is 10.3. The van der Waals surface area contributed by atoms with Crippen LogP contribution >= 0.6 is 23.2 Å². The fourth-order valence-electron chi connectivity index (χ4n) is 2.55. The second kappa shape index (κ2) is 6.76. The number of hydrogen-bond acceptors (Lipinski definition) is 2. The molecule has 1 fully saturated rings. The van der Waals surface area contributed by atoms with Gasteiger partial charge in [-0.1, -0.05) is 35.7 Å². The highest BCUT2D eigenvalue weighted by atomic mass is 35.5. The molecule has 0 aliphatic heterocycles. The fourth-order valence-corrected chi connectivity index (χ4v) is 3.08. The van der Waals surface area contributed by atoms with Gasteiger partial charge in [0.1, 0.15) is 0 Å². The molecule has 0 heterocycles. The smallest absolute Gasteiger partial charge is 0.0543 e. The van der Waals surface area contributed by atoms with Crippen molar-refractivity contribution in [3.05, 3.63) is 33.8 Å². The van der Waals surface area contributed by atoms with Crippen LogP contribution in [0.5, 0.6) is 0 Å². The Kier molecular flexibility index (Phi) is 5.31. The number of nitrogens with one attached hydrogen (secondary N) is 1. The van der Waals surface area contributed by atoms with Gasteiger partial charge in [0.15, 0.2) is 0 Å². The number of aliphatic hydroxyl groups is 1. The minimum atomic E-state index is -0.116. The molecule has 0 radical (unpaired) electrons. The number of benzene rings is 1. The Balaban J connectivity index is 1.81. The maximum absolute atomic E-state index is 9.61. The van der Waals surface area contributed by atoms with E-state index < -0.39 is 0 Å². The summed E-state index contributed by atoms with van der Waals surface area (Å²) in [6.45, 7) is 1.60. The molecule has 1 saturated carbocycles. The quantitative estimate of drug-likeness (QED) is 0.886. The first-order valence-corrected chi connectivity index (χ1v) is 7.24. The van der Waals surface area contributed by atoms with Crippen molar-refractivity contribution in [3.8, 4) is 0 Å². The largest absolute Gasteiger partial charge is 0.393 e. The molecular formula is C14H19Cl2NO. The third-order valence-electron chi connectivity index (χ3n) is 3.55. The summed E-state index contributed by atoms with van der Waals surface area (Å²) < 4.78 is 0. The van der Waals surface area contributed by atoms with Crippen LogP contribution in [0.25, 0.3) is 0 Å². The summed E-state index contributed by atoms with van der Waals surface area (Å²) >= 11 is 12.2. The van der Waals surface area contributed by atoms with E-state index in [1.165, 1.54) is 6.42 Å². The maximum atomic E-state index is 9.61. The molecule has 0 saturated heterocycles. The van der Waals surface area contributed by atoms with Crippen molar-refractivity contribution in [3.63, 3.8) is 0 Å². The molecule has 1 aliphatic carbocycles. The highest BCUT2D eigenvalue weighted by Gasteiger charge is 2.19. The van der Waals surface area contributed by atoms with E-state index >= 15 is 0 Å². The van der Waals surface area contributed by atoms with E-state index in [1.54, 1.807) is 0 Å². The summed E-state index contributed by atoms with van der Waals surface area (Å²) in [5, 5.41) is 14.4. The van der Waals surface area contributed by atoms with Crippen LogP contribution in [-0.2, 0) is 6.54 Å². The molecular weight excluding hydrogens is 269 g/mol. The summed E-state index contributed by atoms with van der Waals surface area (Å²) in [6.07, 6.45) is 4.06. The normalized spacial score (nSPS) is 24.2. The van der Waals surface area contributed by atoms with Crippen LogP contribution in [0.2, 0.25) is 10.0 Å². The van der Waals surface area contributed by atoms with Gasteiger partial charge in [-0.05, 0) is 43.9 Å². The lowest BCUT2D eigenvalue weighted by Crippen LogP contribution is -2.29. The topological polar surface area (TPSA) is 32.3 Å². The summed E-state index contributed by atoms with van der Waals surface area (Å²) in [6, 6.07) is 5.56. The molecule has 18 heavy (non-hydrogen) atoms. The lowest BCUT2D eigenvalue weighted by Gasteiger charge is -2.26. The minimum absolute atomic E-state index is 0.116. The van der Waals surface area contributed by atoms with Gasteiger partial charge in [0.2, 0.25) is 0 Å². The van der Waals surface area contributed by atoms with E-state index in [4.69, 9.17) is 23.2 Å². The van der Waals surface area contributed by atoms with Gasteiger partial charge in [-0.2, -0.15) is 0 Å². The van der Waals surface area contributed by atoms with E-state index in [9.17, 15) is 5.11 Å². The van der Waals surface area contributed by atoms with Crippen molar-refractivity contribution in [2.24, 2.45) is 5.92 Å². The Morgan fingerprint density at radius 2 is 1.94 bits per heavy atom. The molecule has 2 rings (SSSR count). The van der Waals surface area contributed by atoms with Gasteiger partial charge in [0, 0.05) is 22.2 Å². The molecule has 0 aromatic heterocycles. The first-order chi connectivity index (χ1) is 8.66. The Morgan fingerprint density at radius 3 is 2.61 bits per heavy atom. The standard InChI is InChI=1S/C14H19Cl2NO/c15-13-5-2-6-14(16)12(13)9-17-8-10-3-1-4-11(18)7-10/h2,5-6,10-11,17-18H,1,3-4,7-9H2. The predicted molar refractivity (Wildman–Crippen MR) is 76.1 cm³/mol. The van der Waals surface area contributed by atoms with Crippen molar-refractivity contribution < 1.29 is 5.11 Å². The third-order valence-corrected chi connectivity index (χ3v) is 4.26. The Hall–Kier alpha value is -0.280. The summed E-state index contributed by atoms with van der Waals surface area (Å²) in [4.78, 5) is 0. The second-order valence-corrected chi connectivity index (χ2v) is 5.83. The maximum Gasteiger partial charge on any atom is 0.0543 e. The first kappa shape index (κ1) is 14.1. The lowest BCUT2D eigenvalue weighted by atomic mass is 9.87. The van der Waals surface area contributed by atoms with Crippen LogP contribution in [0.1, 0.15) is 31.2 Å². The highest BCUT2D eigenvalue weighted by molar-refractivity contribution is 6.35. The summed E-state index contributed by atoms with van der Waals surface area (Å²) in [5.41, 5.74) is 0.956. The van der Waals surface area contributed by atoms with Gasteiger partial charge >= 0.3 is 0 Å². The monoisotopic (exact) mass is 287 g/mol. The van der Waals surface area contributed by atoms with Crippen molar-refractivity contribution >= 4 is 23.2 Å². The molecule has 1 aromatic rings. The molecule has 1 aliphatic rings. The van der Waals surface area contributed by atoms with E-state index in [1.807, 2.05) is 18.2 Å². The van der Waals surface area contributed by atoms with Gasteiger partial charge < -0.3 is 10.4 Å². The van der Waals surface area contributed by atoms with Gasteiger partial charge in [0.05, 0.1) is 6.10 Å². The number of aliphatic hydroxyl groups excluding tert-OH is 1.